The first kappa shape index (κ1) is 17.0. The average molecular weight is 338 g/mol. The highest BCUT2D eigenvalue weighted by Crippen LogP contribution is 2.16. The molecule has 124 valence electrons. The summed E-state index contributed by atoms with van der Waals surface area (Å²) >= 11 is 0. The van der Waals surface area contributed by atoms with E-state index >= 15 is 0 Å². The van der Waals surface area contributed by atoms with Crippen molar-refractivity contribution >= 4 is 21.7 Å². The highest BCUT2D eigenvalue weighted by Gasteiger charge is 2.19. The maximum absolute atomic E-state index is 12.1. The molecule has 8 nitrogen and oxygen atoms in total. The molecule has 0 aliphatic heterocycles. The zero-order valence-corrected chi connectivity index (χ0v) is 13.8. The van der Waals surface area contributed by atoms with Crippen LogP contribution in [0.4, 0.5) is 5.82 Å². The summed E-state index contributed by atoms with van der Waals surface area (Å²) in [6, 6.07) is 6.17. The Balaban J connectivity index is 2.09. The Kier molecular flexibility index (Phi) is 5.02. The van der Waals surface area contributed by atoms with E-state index < -0.39 is 15.9 Å². The number of hydrogen-bond acceptors (Lipinski definition) is 6. The summed E-state index contributed by atoms with van der Waals surface area (Å²) in [7, 11) is 1.27. The minimum absolute atomic E-state index is 0.0749. The van der Waals surface area contributed by atoms with Gasteiger partial charge in [0.15, 0.2) is 5.76 Å². The SMILES string of the molecule is CNS(=O)(=O)c1ccc(C(=O)NCc2cccnc2N(C)C)o1. The van der Waals surface area contributed by atoms with E-state index in [2.05, 4.69) is 15.0 Å². The van der Waals surface area contributed by atoms with Crippen molar-refractivity contribution in [2.75, 3.05) is 26.0 Å². The number of nitrogens with one attached hydrogen (secondary N) is 2. The fourth-order valence-electron chi connectivity index (χ4n) is 1.92. The van der Waals surface area contributed by atoms with Crippen molar-refractivity contribution in [2.45, 2.75) is 11.6 Å². The largest absolute Gasteiger partial charge is 0.438 e. The zero-order chi connectivity index (χ0) is 17.0. The van der Waals surface area contributed by atoms with E-state index in [9.17, 15) is 13.2 Å². The van der Waals surface area contributed by atoms with Crippen molar-refractivity contribution in [3.05, 3.63) is 41.8 Å². The molecule has 0 aliphatic carbocycles. The summed E-state index contributed by atoms with van der Waals surface area (Å²) < 4.78 is 30.4. The summed E-state index contributed by atoms with van der Waals surface area (Å²) in [5.41, 5.74) is 0.834. The number of carbonyl (C=O) groups is 1. The third-order valence-corrected chi connectivity index (χ3v) is 4.36. The van der Waals surface area contributed by atoms with Gasteiger partial charge in [-0.1, -0.05) is 6.07 Å². The van der Waals surface area contributed by atoms with Gasteiger partial charge in [-0.2, -0.15) is 0 Å². The van der Waals surface area contributed by atoms with Gasteiger partial charge in [-0.15, -0.1) is 0 Å². The molecule has 0 spiro atoms. The van der Waals surface area contributed by atoms with E-state index in [0.717, 1.165) is 11.4 Å². The Hall–Kier alpha value is -2.39. The van der Waals surface area contributed by atoms with Crippen LogP contribution in [0.1, 0.15) is 16.1 Å². The number of anilines is 1. The van der Waals surface area contributed by atoms with Crippen LogP contribution in [0.25, 0.3) is 0 Å². The molecule has 1 amide bonds. The van der Waals surface area contributed by atoms with Crippen LogP contribution in [0, 0.1) is 0 Å². The first-order valence-corrected chi connectivity index (χ1v) is 8.26. The lowest BCUT2D eigenvalue weighted by molar-refractivity contribution is 0.0918. The van der Waals surface area contributed by atoms with Gasteiger partial charge >= 0.3 is 0 Å². The van der Waals surface area contributed by atoms with Crippen molar-refractivity contribution in [1.82, 2.24) is 15.0 Å². The van der Waals surface area contributed by atoms with E-state index in [1.54, 1.807) is 12.3 Å². The quantitative estimate of drug-likeness (QED) is 0.798. The number of sulfonamides is 1. The molecule has 2 aromatic rings. The number of amides is 1. The van der Waals surface area contributed by atoms with Gasteiger partial charge in [0, 0.05) is 32.4 Å². The molecule has 9 heteroatoms. The smallest absolute Gasteiger partial charge is 0.287 e. The Bertz CT molecular complexity index is 799. The van der Waals surface area contributed by atoms with Crippen LogP contribution in [-0.2, 0) is 16.6 Å². The van der Waals surface area contributed by atoms with Crippen LogP contribution in [0.5, 0.6) is 0 Å². The molecule has 0 saturated carbocycles. The van der Waals surface area contributed by atoms with Gasteiger partial charge in [-0.3, -0.25) is 4.79 Å². The minimum Gasteiger partial charge on any atom is -0.438 e. The third kappa shape index (κ3) is 3.88. The lowest BCUT2D eigenvalue weighted by Crippen LogP contribution is -2.24. The van der Waals surface area contributed by atoms with E-state index in [4.69, 9.17) is 4.42 Å². The van der Waals surface area contributed by atoms with Crippen molar-refractivity contribution in [2.24, 2.45) is 0 Å². The van der Waals surface area contributed by atoms with Gasteiger partial charge in [0.05, 0.1) is 0 Å². The molecule has 0 aliphatic rings. The monoisotopic (exact) mass is 338 g/mol. The van der Waals surface area contributed by atoms with Crippen LogP contribution in [0.15, 0.2) is 40.0 Å². The number of hydrogen-bond donors (Lipinski definition) is 2. The van der Waals surface area contributed by atoms with Gasteiger partial charge in [-0.05, 0) is 25.2 Å². The van der Waals surface area contributed by atoms with Gasteiger partial charge in [0.2, 0.25) is 5.09 Å². The molecule has 2 aromatic heterocycles. The normalized spacial score (nSPS) is 11.3. The summed E-state index contributed by atoms with van der Waals surface area (Å²) in [5, 5.41) is 2.37. The molecule has 0 fully saturated rings. The molecule has 0 saturated heterocycles. The molecular formula is C14H18N4O4S. The minimum atomic E-state index is -3.71. The van der Waals surface area contributed by atoms with Crippen LogP contribution < -0.4 is 14.9 Å². The fourth-order valence-corrected chi connectivity index (χ4v) is 2.57. The number of carbonyl (C=O) groups excluding carboxylic acids is 1. The van der Waals surface area contributed by atoms with Gasteiger partial charge < -0.3 is 14.6 Å². The second kappa shape index (κ2) is 6.80. The Morgan fingerprint density at radius 1 is 1.30 bits per heavy atom. The summed E-state index contributed by atoms with van der Waals surface area (Å²) in [6.07, 6.45) is 1.67. The van der Waals surface area contributed by atoms with Crippen molar-refractivity contribution in [3.63, 3.8) is 0 Å². The van der Waals surface area contributed by atoms with Crippen molar-refractivity contribution < 1.29 is 17.6 Å². The predicted octanol–water partition coefficient (Wildman–Crippen LogP) is 0.579. The standard InChI is InChI=1S/C14H18N4O4S/c1-15-23(20,21)12-7-6-11(22-12)14(19)17-9-10-5-4-8-16-13(10)18(2)3/h4-8,15H,9H2,1-3H3,(H,17,19). The number of aromatic nitrogens is 1. The molecule has 2 rings (SSSR count). The van der Waals surface area contributed by atoms with E-state index in [1.165, 1.54) is 19.2 Å². The zero-order valence-electron chi connectivity index (χ0n) is 13.0. The second-order valence-electron chi connectivity index (χ2n) is 4.89. The highest BCUT2D eigenvalue weighted by atomic mass is 32.2. The molecule has 0 radical (unpaired) electrons. The molecule has 0 aromatic carbocycles. The lowest BCUT2D eigenvalue weighted by atomic mass is 10.2. The lowest BCUT2D eigenvalue weighted by Gasteiger charge is -2.15. The molecule has 0 unspecified atom stereocenters. The third-order valence-electron chi connectivity index (χ3n) is 3.07. The summed E-state index contributed by atoms with van der Waals surface area (Å²) in [5.74, 6) is 0.163. The molecular weight excluding hydrogens is 320 g/mol. The number of furan rings is 1. The van der Waals surface area contributed by atoms with Gasteiger partial charge in [-0.25, -0.2) is 18.1 Å². The highest BCUT2D eigenvalue weighted by molar-refractivity contribution is 7.89. The maximum Gasteiger partial charge on any atom is 0.287 e. The topological polar surface area (TPSA) is 105 Å². The van der Waals surface area contributed by atoms with Crippen LogP contribution >= 0.6 is 0 Å². The van der Waals surface area contributed by atoms with Gasteiger partial charge in [0.25, 0.3) is 15.9 Å². The first-order valence-electron chi connectivity index (χ1n) is 6.78. The summed E-state index contributed by atoms with van der Waals surface area (Å²) in [4.78, 5) is 18.2. The molecule has 23 heavy (non-hydrogen) atoms. The summed E-state index contributed by atoms with van der Waals surface area (Å²) in [6.45, 7) is 0.245. The van der Waals surface area contributed by atoms with Gasteiger partial charge in [0.1, 0.15) is 5.82 Å². The Labute approximate surface area is 134 Å². The van der Waals surface area contributed by atoms with Crippen LogP contribution in [0.2, 0.25) is 0 Å². The van der Waals surface area contributed by atoms with E-state index in [1.807, 2.05) is 25.1 Å². The molecule has 2 heterocycles. The molecule has 2 N–H and O–H groups in total. The fraction of sp³-hybridized carbons (Fsp3) is 0.286. The first-order chi connectivity index (χ1) is 10.8. The molecule has 0 atom stereocenters. The van der Waals surface area contributed by atoms with E-state index in [-0.39, 0.29) is 17.4 Å². The van der Waals surface area contributed by atoms with Crippen molar-refractivity contribution in [1.29, 1.82) is 0 Å². The molecule has 0 bridgehead atoms. The maximum atomic E-state index is 12.1. The van der Waals surface area contributed by atoms with Crippen molar-refractivity contribution in [3.8, 4) is 0 Å². The van der Waals surface area contributed by atoms with Crippen LogP contribution in [-0.4, -0.2) is 40.5 Å². The van der Waals surface area contributed by atoms with E-state index in [0.29, 0.717) is 0 Å². The Morgan fingerprint density at radius 2 is 2.04 bits per heavy atom. The van der Waals surface area contributed by atoms with Crippen LogP contribution in [0.3, 0.4) is 0 Å². The number of rotatable bonds is 6. The number of nitrogens with zero attached hydrogens (tertiary/aromatic N) is 2. The second-order valence-corrected chi connectivity index (χ2v) is 6.71. The number of pyridine rings is 1. The predicted molar refractivity (Wildman–Crippen MR) is 84.7 cm³/mol. The average Bonchev–Trinajstić information content (AvgIpc) is 3.03. The Morgan fingerprint density at radius 3 is 2.70 bits per heavy atom.